The summed E-state index contributed by atoms with van der Waals surface area (Å²) in [6, 6.07) is 1.69. The van der Waals surface area contributed by atoms with Crippen molar-refractivity contribution in [2.45, 2.75) is 51.9 Å². The fourth-order valence-electron chi connectivity index (χ4n) is 3.10. The Morgan fingerprint density at radius 3 is 2.68 bits per heavy atom. The summed E-state index contributed by atoms with van der Waals surface area (Å²) in [4.78, 5) is 24.0. The molecule has 0 aromatic carbocycles. The minimum atomic E-state index is -0.403. The van der Waals surface area contributed by atoms with Crippen LogP contribution in [0.5, 0.6) is 0 Å². The predicted octanol–water partition coefficient (Wildman–Crippen LogP) is 4.47. The number of carbonyl (C=O) groups excluding carboxylic acids is 2. The standard InChI is InChI=1S/C17H25NO3S/c1-3-4-5-12-6-8-13(9-7-12)15(19)18-16-14(10-11-22-16)17(20)21-2/h10-13H,3-9H2,1-2H3,(H,18,19). The van der Waals surface area contributed by atoms with Gasteiger partial charge in [-0.25, -0.2) is 4.79 Å². The van der Waals surface area contributed by atoms with Gasteiger partial charge in [-0.15, -0.1) is 11.3 Å². The largest absolute Gasteiger partial charge is 0.465 e. The van der Waals surface area contributed by atoms with E-state index in [1.165, 1.54) is 37.7 Å². The summed E-state index contributed by atoms with van der Waals surface area (Å²) in [5.41, 5.74) is 0.442. The number of esters is 1. The lowest BCUT2D eigenvalue weighted by atomic mass is 9.79. The van der Waals surface area contributed by atoms with Crippen LogP contribution in [-0.4, -0.2) is 19.0 Å². The van der Waals surface area contributed by atoms with Gasteiger partial charge in [0.2, 0.25) is 5.91 Å². The van der Waals surface area contributed by atoms with E-state index in [0.29, 0.717) is 10.6 Å². The van der Waals surface area contributed by atoms with Crippen LogP contribution in [0.1, 0.15) is 62.2 Å². The number of hydrogen-bond acceptors (Lipinski definition) is 4. The predicted molar refractivity (Wildman–Crippen MR) is 89.3 cm³/mol. The second-order valence-electron chi connectivity index (χ2n) is 6.00. The fourth-order valence-corrected chi connectivity index (χ4v) is 3.87. The Kier molecular flexibility index (Phi) is 6.43. The molecule has 1 saturated carbocycles. The Labute approximate surface area is 136 Å². The molecule has 1 aliphatic carbocycles. The molecule has 1 heterocycles. The first kappa shape index (κ1) is 17.0. The molecule has 1 aliphatic rings. The number of unbranched alkanes of at least 4 members (excludes halogenated alkanes) is 1. The Bertz CT molecular complexity index is 504. The van der Waals surface area contributed by atoms with Crippen molar-refractivity contribution in [3.8, 4) is 0 Å². The zero-order valence-corrected chi connectivity index (χ0v) is 14.2. The average Bonchev–Trinajstić information content (AvgIpc) is 3.00. The molecule has 0 spiro atoms. The van der Waals surface area contributed by atoms with Crippen molar-refractivity contribution < 1.29 is 14.3 Å². The van der Waals surface area contributed by atoms with Gasteiger partial charge < -0.3 is 10.1 Å². The molecule has 0 unspecified atom stereocenters. The van der Waals surface area contributed by atoms with E-state index in [4.69, 9.17) is 4.74 Å². The minimum absolute atomic E-state index is 0.0431. The summed E-state index contributed by atoms with van der Waals surface area (Å²) in [6.45, 7) is 2.22. The third-order valence-electron chi connectivity index (χ3n) is 4.49. The van der Waals surface area contributed by atoms with Crippen LogP contribution in [-0.2, 0) is 9.53 Å². The molecule has 4 nitrogen and oxygen atoms in total. The zero-order valence-electron chi connectivity index (χ0n) is 13.4. The number of carbonyl (C=O) groups is 2. The third-order valence-corrected chi connectivity index (χ3v) is 5.32. The highest BCUT2D eigenvalue weighted by Gasteiger charge is 2.27. The van der Waals surface area contributed by atoms with Crippen LogP contribution in [0.3, 0.4) is 0 Å². The zero-order chi connectivity index (χ0) is 15.9. The number of methoxy groups -OCH3 is 1. The molecule has 1 aromatic heterocycles. The molecule has 22 heavy (non-hydrogen) atoms. The lowest BCUT2D eigenvalue weighted by Gasteiger charge is -2.27. The van der Waals surface area contributed by atoms with Crippen molar-refractivity contribution in [1.29, 1.82) is 0 Å². The van der Waals surface area contributed by atoms with Crippen molar-refractivity contribution in [1.82, 2.24) is 0 Å². The molecule has 0 aliphatic heterocycles. The van der Waals surface area contributed by atoms with Gasteiger partial charge in [0.25, 0.3) is 0 Å². The second kappa shape index (κ2) is 8.32. The molecule has 122 valence electrons. The monoisotopic (exact) mass is 323 g/mol. The molecule has 1 amide bonds. The maximum Gasteiger partial charge on any atom is 0.340 e. The van der Waals surface area contributed by atoms with Crippen molar-refractivity contribution in [2.24, 2.45) is 11.8 Å². The maximum atomic E-state index is 12.4. The Hall–Kier alpha value is -1.36. The Morgan fingerprint density at radius 2 is 2.05 bits per heavy atom. The number of ether oxygens (including phenoxy) is 1. The van der Waals surface area contributed by atoms with Crippen LogP contribution in [0.2, 0.25) is 0 Å². The SMILES string of the molecule is CCCCC1CCC(C(=O)Nc2sccc2C(=O)OC)CC1. The normalized spacial score (nSPS) is 21.4. The second-order valence-corrected chi connectivity index (χ2v) is 6.92. The van der Waals surface area contributed by atoms with E-state index >= 15 is 0 Å². The van der Waals surface area contributed by atoms with Gasteiger partial charge in [0.05, 0.1) is 12.7 Å². The topological polar surface area (TPSA) is 55.4 Å². The first-order valence-corrected chi connectivity index (χ1v) is 9.00. The van der Waals surface area contributed by atoms with Crippen molar-refractivity contribution >= 4 is 28.2 Å². The summed E-state index contributed by atoms with van der Waals surface area (Å²) in [6.07, 6.45) is 8.04. The summed E-state index contributed by atoms with van der Waals surface area (Å²) < 4.78 is 4.73. The summed E-state index contributed by atoms with van der Waals surface area (Å²) in [5.74, 6) is 0.503. The van der Waals surface area contributed by atoms with E-state index in [9.17, 15) is 9.59 Å². The molecule has 1 N–H and O–H groups in total. The quantitative estimate of drug-likeness (QED) is 0.786. The average molecular weight is 323 g/mol. The van der Waals surface area contributed by atoms with E-state index < -0.39 is 5.97 Å². The van der Waals surface area contributed by atoms with Crippen LogP contribution in [0.15, 0.2) is 11.4 Å². The molecule has 0 radical (unpaired) electrons. The van der Waals surface area contributed by atoms with Crippen molar-refractivity contribution in [2.75, 3.05) is 12.4 Å². The first-order valence-electron chi connectivity index (χ1n) is 8.12. The van der Waals surface area contributed by atoms with E-state index in [0.717, 1.165) is 31.6 Å². The van der Waals surface area contributed by atoms with Crippen LogP contribution in [0.25, 0.3) is 0 Å². The number of hydrogen-bond donors (Lipinski definition) is 1. The molecule has 0 bridgehead atoms. The van der Waals surface area contributed by atoms with Crippen LogP contribution < -0.4 is 5.32 Å². The van der Waals surface area contributed by atoms with Crippen LogP contribution >= 0.6 is 11.3 Å². The number of nitrogens with one attached hydrogen (secondary N) is 1. The molecule has 2 rings (SSSR count). The molecule has 0 saturated heterocycles. The van der Waals surface area contributed by atoms with Gasteiger partial charge in [-0.2, -0.15) is 0 Å². The Morgan fingerprint density at radius 1 is 1.32 bits per heavy atom. The van der Waals surface area contributed by atoms with Gasteiger partial charge >= 0.3 is 5.97 Å². The number of anilines is 1. The van der Waals surface area contributed by atoms with Crippen molar-refractivity contribution in [3.63, 3.8) is 0 Å². The van der Waals surface area contributed by atoms with Gasteiger partial charge in [0, 0.05) is 5.92 Å². The molecule has 0 atom stereocenters. The molecular formula is C17H25NO3S. The van der Waals surface area contributed by atoms with Crippen LogP contribution in [0, 0.1) is 11.8 Å². The number of thiophene rings is 1. The summed E-state index contributed by atoms with van der Waals surface area (Å²) in [7, 11) is 1.35. The van der Waals surface area contributed by atoms with E-state index in [-0.39, 0.29) is 11.8 Å². The third kappa shape index (κ3) is 4.32. The summed E-state index contributed by atoms with van der Waals surface area (Å²) in [5, 5.41) is 5.31. The highest BCUT2D eigenvalue weighted by Crippen LogP contribution is 2.33. The smallest absolute Gasteiger partial charge is 0.340 e. The molecule has 1 aromatic rings. The Balaban J connectivity index is 1.86. The van der Waals surface area contributed by atoms with Gasteiger partial charge in [-0.3, -0.25) is 4.79 Å². The first-order chi connectivity index (χ1) is 10.7. The van der Waals surface area contributed by atoms with Crippen LogP contribution in [0.4, 0.5) is 5.00 Å². The van der Waals surface area contributed by atoms with E-state index in [1.54, 1.807) is 11.4 Å². The van der Waals surface area contributed by atoms with Crippen molar-refractivity contribution in [3.05, 3.63) is 17.0 Å². The number of amides is 1. The minimum Gasteiger partial charge on any atom is -0.465 e. The van der Waals surface area contributed by atoms with E-state index in [2.05, 4.69) is 12.2 Å². The molecule has 1 fully saturated rings. The van der Waals surface area contributed by atoms with Gasteiger partial charge in [-0.05, 0) is 43.0 Å². The summed E-state index contributed by atoms with van der Waals surface area (Å²) >= 11 is 1.36. The fraction of sp³-hybridized carbons (Fsp3) is 0.647. The lowest BCUT2D eigenvalue weighted by Crippen LogP contribution is -2.27. The highest BCUT2D eigenvalue weighted by molar-refractivity contribution is 7.14. The molecular weight excluding hydrogens is 298 g/mol. The van der Waals surface area contributed by atoms with Gasteiger partial charge in [0.1, 0.15) is 5.00 Å². The van der Waals surface area contributed by atoms with E-state index in [1.807, 2.05) is 0 Å². The van der Waals surface area contributed by atoms with Gasteiger partial charge in [0.15, 0.2) is 0 Å². The lowest BCUT2D eigenvalue weighted by molar-refractivity contribution is -0.121. The van der Waals surface area contributed by atoms with Gasteiger partial charge in [-0.1, -0.05) is 26.2 Å². The number of rotatable bonds is 6. The maximum absolute atomic E-state index is 12.4. The molecule has 5 heteroatoms. The highest BCUT2D eigenvalue weighted by atomic mass is 32.1.